The molecule has 1 amide bonds. The van der Waals surface area contributed by atoms with Crippen molar-refractivity contribution in [2.45, 2.75) is 38.1 Å². The van der Waals surface area contributed by atoms with E-state index in [0.717, 1.165) is 25.8 Å². The van der Waals surface area contributed by atoms with Crippen LogP contribution in [-0.2, 0) is 0 Å². The second kappa shape index (κ2) is 5.35. The Bertz CT molecular complexity index is 587. The summed E-state index contributed by atoms with van der Waals surface area (Å²) >= 11 is 0. The van der Waals surface area contributed by atoms with E-state index in [1.54, 1.807) is 0 Å². The second-order valence-electron chi connectivity index (χ2n) is 5.86. The van der Waals surface area contributed by atoms with Crippen molar-refractivity contribution in [2.75, 3.05) is 6.54 Å². The summed E-state index contributed by atoms with van der Waals surface area (Å²) in [6, 6.07) is 4.12. The molecular formula is C15H18N2O4. The monoisotopic (exact) mass is 290 g/mol. The van der Waals surface area contributed by atoms with Gasteiger partial charge in [0.1, 0.15) is 0 Å². The summed E-state index contributed by atoms with van der Waals surface area (Å²) in [5.74, 6) is 0.0111. The van der Waals surface area contributed by atoms with Gasteiger partial charge in [-0.1, -0.05) is 6.42 Å². The maximum absolute atomic E-state index is 12.6. The van der Waals surface area contributed by atoms with Gasteiger partial charge in [0.05, 0.1) is 4.92 Å². The van der Waals surface area contributed by atoms with Crippen molar-refractivity contribution in [3.8, 4) is 5.75 Å². The molecule has 1 aliphatic carbocycles. The SMILES string of the molecule is O=C(c1ccc([N+](=O)[O-])c(O)c1)N1CCCC2CCCC21. The largest absolute Gasteiger partial charge is 0.502 e. The number of nitrogens with zero attached hydrogens (tertiary/aromatic N) is 2. The smallest absolute Gasteiger partial charge is 0.310 e. The van der Waals surface area contributed by atoms with Crippen LogP contribution in [0.2, 0.25) is 0 Å². The molecule has 112 valence electrons. The number of amides is 1. The van der Waals surface area contributed by atoms with E-state index in [0.29, 0.717) is 17.5 Å². The zero-order chi connectivity index (χ0) is 15.0. The lowest BCUT2D eigenvalue weighted by Gasteiger charge is -2.37. The van der Waals surface area contributed by atoms with Gasteiger partial charge in [0.2, 0.25) is 0 Å². The van der Waals surface area contributed by atoms with Gasteiger partial charge >= 0.3 is 5.69 Å². The fraction of sp³-hybridized carbons (Fsp3) is 0.533. The minimum Gasteiger partial charge on any atom is -0.502 e. The normalized spacial score (nSPS) is 24.7. The molecule has 6 heteroatoms. The highest BCUT2D eigenvalue weighted by Gasteiger charge is 2.37. The minimum absolute atomic E-state index is 0.128. The molecule has 0 spiro atoms. The number of nitro groups is 1. The van der Waals surface area contributed by atoms with Gasteiger partial charge in [0.15, 0.2) is 5.75 Å². The van der Waals surface area contributed by atoms with Crippen LogP contribution in [0.4, 0.5) is 5.69 Å². The van der Waals surface area contributed by atoms with Gasteiger partial charge in [-0.2, -0.15) is 0 Å². The molecule has 0 aromatic heterocycles. The number of carbonyl (C=O) groups is 1. The highest BCUT2D eigenvalue weighted by molar-refractivity contribution is 5.95. The van der Waals surface area contributed by atoms with Crippen molar-refractivity contribution < 1.29 is 14.8 Å². The molecule has 1 heterocycles. The van der Waals surface area contributed by atoms with Gasteiger partial charge < -0.3 is 10.0 Å². The number of phenols is 1. The van der Waals surface area contributed by atoms with Gasteiger partial charge in [-0.25, -0.2) is 0 Å². The fourth-order valence-electron chi connectivity index (χ4n) is 3.68. The van der Waals surface area contributed by atoms with Gasteiger partial charge in [-0.15, -0.1) is 0 Å². The molecule has 1 aliphatic heterocycles. The highest BCUT2D eigenvalue weighted by Crippen LogP contribution is 2.37. The first-order chi connectivity index (χ1) is 10.1. The Kier molecular flexibility index (Phi) is 3.53. The third-order valence-electron chi connectivity index (χ3n) is 4.67. The van der Waals surface area contributed by atoms with E-state index in [4.69, 9.17) is 0 Å². The molecule has 21 heavy (non-hydrogen) atoms. The number of piperidine rings is 1. The first-order valence-electron chi connectivity index (χ1n) is 7.36. The Labute approximate surface area is 122 Å². The Hall–Kier alpha value is -2.11. The van der Waals surface area contributed by atoms with E-state index >= 15 is 0 Å². The molecule has 1 aromatic rings. The number of fused-ring (bicyclic) bond motifs is 1. The maximum atomic E-state index is 12.6. The van der Waals surface area contributed by atoms with Crippen molar-refractivity contribution in [3.63, 3.8) is 0 Å². The molecule has 1 saturated carbocycles. The van der Waals surface area contributed by atoms with Crippen LogP contribution in [0.15, 0.2) is 18.2 Å². The van der Waals surface area contributed by atoms with Crippen LogP contribution in [-0.4, -0.2) is 33.4 Å². The lowest BCUT2D eigenvalue weighted by atomic mass is 9.91. The van der Waals surface area contributed by atoms with Crippen molar-refractivity contribution in [3.05, 3.63) is 33.9 Å². The molecular weight excluding hydrogens is 272 g/mol. The Morgan fingerprint density at radius 2 is 2.05 bits per heavy atom. The van der Waals surface area contributed by atoms with Crippen LogP contribution in [0.5, 0.6) is 5.75 Å². The van der Waals surface area contributed by atoms with Crippen molar-refractivity contribution in [2.24, 2.45) is 5.92 Å². The Morgan fingerprint density at radius 1 is 1.29 bits per heavy atom. The summed E-state index contributed by atoms with van der Waals surface area (Å²) in [6.07, 6.45) is 5.56. The first-order valence-corrected chi connectivity index (χ1v) is 7.36. The van der Waals surface area contributed by atoms with Gasteiger partial charge in [-0.3, -0.25) is 14.9 Å². The molecule has 0 bridgehead atoms. The van der Waals surface area contributed by atoms with E-state index in [9.17, 15) is 20.0 Å². The summed E-state index contributed by atoms with van der Waals surface area (Å²) in [5.41, 5.74) is -0.0467. The molecule has 2 aliphatic rings. The zero-order valence-corrected chi connectivity index (χ0v) is 11.7. The number of nitro benzene ring substituents is 1. The summed E-state index contributed by atoms with van der Waals surface area (Å²) in [7, 11) is 0. The van der Waals surface area contributed by atoms with Crippen molar-refractivity contribution >= 4 is 11.6 Å². The standard InChI is InChI=1S/C15H18N2O4/c18-14-9-11(6-7-13(14)17(20)21)15(19)16-8-2-4-10-3-1-5-12(10)16/h6-7,9-10,12,18H,1-5,8H2. The predicted octanol–water partition coefficient (Wildman–Crippen LogP) is 2.71. The topological polar surface area (TPSA) is 83.7 Å². The lowest BCUT2D eigenvalue weighted by Crippen LogP contribution is -2.46. The van der Waals surface area contributed by atoms with E-state index in [-0.39, 0.29) is 11.6 Å². The predicted molar refractivity (Wildman–Crippen MR) is 76.2 cm³/mol. The number of carbonyl (C=O) groups excluding carboxylic acids is 1. The van der Waals surface area contributed by atoms with Crippen LogP contribution in [0, 0.1) is 16.0 Å². The molecule has 2 fully saturated rings. The Balaban J connectivity index is 1.84. The number of aromatic hydroxyl groups is 1. The quantitative estimate of drug-likeness (QED) is 0.670. The average Bonchev–Trinajstić information content (AvgIpc) is 2.94. The van der Waals surface area contributed by atoms with Crippen LogP contribution < -0.4 is 0 Å². The number of hydrogen-bond donors (Lipinski definition) is 1. The molecule has 0 radical (unpaired) electrons. The van der Waals surface area contributed by atoms with Crippen molar-refractivity contribution in [1.29, 1.82) is 0 Å². The molecule has 1 saturated heterocycles. The molecule has 2 unspecified atom stereocenters. The third kappa shape index (κ3) is 2.46. The van der Waals surface area contributed by atoms with Gasteiger partial charge in [0.25, 0.3) is 5.91 Å². The van der Waals surface area contributed by atoms with E-state index in [1.807, 2.05) is 4.90 Å². The van der Waals surface area contributed by atoms with Crippen LogP contribution in [0.3, 0.4) is 0 Å². The number of benzene rings is 1. The fourth-order valence-corrected chi connectivity index (χ4v) is 3.68. The van der Waals surface area contributed by atoms with Crippen LogP contribution in [0.1, 0.15) is 42.5 Å². The maximum Gasteiger partial charge on any atom is 0.310 e. The van der Waals surface area contributed by atoms with Crippen LogP contribution in [0.25, 0.3) is 0 Å². The number of hydrogen-bond acceptors (Lipinski definition) is 4. The summed E-state index contributed by atoms with van der Waals surface area (Å²) in [6.45, 7) is 0.734. The summed E-state index contributed by atoms with van der Waals surface area (Å²) in [4.78, 5) is 24.6. The second-order valence-corrected chi connectivity index (χ2v) is 5.86. The Morgan fingerprint density at radius 3 is 2.76 bits per heavy atom. The number of likely N-dealkylation sites (tertiary alicyclic amines) is 1. The summed E-state index contributed by atoms with van der Waals surface area (Å²) < 4.78 is 0. The third-order valence-corrected chi connectivity index (χ3v) is 4.67. The van der Waals surface area contributed by atoms with Gasteiger partial charge in [-0.05, 0) is 43.7 Å². The highest BCUT2D eigenvalue weighted by atomic mass is 16.6. The van der Waals surface area contributed by atoms with Crippen LogP contribution >= 0.6 is 0 Å². The average molecular weight is 290 g/mol. The molecule has 6 nitrogen and oxygen atoms in total. The minimum atomic E-state index is -0.655. The lowest BCUT2D eigenvalue weighted by molar-refractivity contribution is -0.385. The first kappa shape index (κ1) is 13.9. The molecule has 1 aromatic carbocycles. The van der Waals surface area contributed by atoms with E-state index in [2.05, 4.69) is 0 Å². The number of rotatable bonds is 2. The van der Waals surface area contributed by atoms with E-state index in [1.165, 1.54) is 31.0 Å². The zero-order valence-electron chi connectivity index (χ0n) is 11.7. The van der Waals surface area contributed by atoms with Crippen molar-refractivity contribution in [1.82, 2.24) is 4.90 Å². The molecule has 2 atom stereocenters. The summed E-state index contributed by atoms with van der Waals surface area (Å²) in [5, 5.41) is 20.4. The molecule has 1 N–H and O–H groups in total. The molecule has 3 rings (SSSR count). The van der Waals surface area contributed by atoms with E-state index < -0.39 is 10.7 Å². The van der Waals surface area contributed by atoms with Gasteiger partial charge in [0, 0.05) is 24.2 Å². The number of phenolic OH excluding ortho intramolecular Hbond substituents is 1.